The van der Waals surface area contributed by atoms with Gasteiger partial charge in [0.05, 0.1) is 12.2 Å². The Bertz CT molecular complexity index is 602. The Balaban J connectivity index is 2.56. The average Bonchev–Trinajstić information content (AvgIpc) is 2.65. The SMILES string of the molecule is CCOC(=O)c1c(C)oc(N)c1-c1ccc(F)cc1. The van der Waals surface area contributed by atoms with Gasteiger partial charge in [0, 0.05) is 0 Å². The Kier molecular flexibility index (Phi) is 3.55. The van der Waals surface area contributed by atoms with E-state index < -0.39 is 5.97 Å². The van der Waals surface area contributed by atoms with Gasteiger partial charge in [-0.3, -0.25) is 0 Å². The van der Waals surface area contributed by atoms with Crippen LogP contribution in [0.5, 0.6) is 0 Å². The number of furan rings is 1. The summed E-state index contributed by atoms with van der Waals surface area (Å²) < 4.78 is 23.2. The molecule has 2 aromatic rings. The Labute approximate surface area is 110 Å². The highest BCUT2D eigenvalue weighted by Crippen LogP contribution is 2.35. The van der Waals surface area contributed by atoms with Crippen LogP contribution < -0.4 is 5.73 Å². The third kappa shape index (κ3) is 2.45. The largest absolute Gasteiger partial charge is 0.462 e. The van der Waals surface area contributed by atoms with Crippen molar-refractivity contribution in [1.29, 1.82) is 0 Å². The molecule has 0 spiro atoms. The summed E-state index contributed by atoms with van der Waals surface area (Å²) in [6, 6.07) is 5.68. The van der Waals surface area contributed by atoms with Crippen LogP contribution in [-0.4, -0.2) is 12.6 Å². The van der Waals surface area contributed by atoms with E-state index in [4.69, 9.17) is 14.9 Å². The fourth-order valence-electron chi connectivity index (χ4n) is 1.92. The molecule has 0 aliphatic heterocycles. The molecule has 1 aromatic carbocycles. The molecule has 4 nitrogen and oxygen atoms in total. The van der Waals surface area contributed by atoms with Gasteiger partial charge < -0.3 is 14.9 Å². The second-order valence-electron chi connectivity index (χ2n) is 4.00. The topological polar surface area (TPSA) is 65.5 Å². The van der Waals surface area contributed by atoms with Crippen molar-refractivity contribution >= 4 is 11.9 Å². The predicted molar refractivity (Wildman–Crippen MR) is 69.2 cm³/mol. The first-order valence-electron chi connectivity index (χ1n) is 5.86. The van der Waals surface area contributed by atoms with E-state index in [1.807, 2.05) is 0 Å². The van der Waals surface area contributed by atoms with E-state index >= 15 is 0 Å². The first kappa shape index (κ1) is 13.1. The Morgan fingerprint density at radius 3 is 2.58 bits per heavy atom. The molecule has 0 fully saturated rings. The van der Waals surface area contributed by atoms with Gasteiger partial charge in [-0.15, -0.1) is 0 Å². The fourth-order valence-corrected chi connectivity index (χ4v) is 1.92. The van der Waals surface area contributed by atoms with Crippen LogP contribution in [0.2, 0.25) is 0 Å². The van der Waals surface area contributed by atoms with Gasteiger partial charge in [0.15, 0.2) is 5.88 Å². The van der Waals surface area contributed by atoms with Crippen LogP contribution in [0, 0.1) is 12.7 Å². The molecule has 100 valence electrons. The summed E-state index contributed by atoms with van der Waals surface area (Å²) in [6.45, 7) is 3.61. The summed E-state index contributed by atoms with van der Waals surface area (Å²) in [6.07, 6.45) is 0. The molecule has 0 unspecified atom stereocenters. The summed E-state index contributed by atoms with van der Waals surface area (Å²) in [4.78, 5) is 11.9. The number of anilines is 1. The molecule has 1 heterocycles. The highest BCUT2D eigenvalue weighted by Gasteiger charge is 2.24. The molecule has 0 atom stereocenters. The highest BCUT2D eigenvalue weighted by molar-refractivity contribution is 6.01. The Hall–Kier alpha value is -2.30. The number of ether oxygens (including phenoxy) is 1. The quantitative estimate of drug-likeness (QED) is 0.864. The molecular weight excluding hydrogens is 249 g/mol. The minimum Gasteiger partial charge on any atom is -0.462 e. The monoisotopic (exact) mass is 263 g/mol. The number of rotatable bonds is 3. The number of halogens is 1. The smallest absolute Gasteiger partial charge is 0.342 e. The normalized spacial score (nSPS) is 10.5. The van der Waals surface area contributed by atoms with E-state index in [2.05, 4.69) is 0 Å². The second kappa shape index (κ2) is 5.14. The molecule has 2 rings (SSSR count). The summed E-state index contributed by atoms with van der Waals surface area (Å²) in [5.74, 6) is -0.359. The summed E-state index contributed by atoms with van der Waals surface area (Å²) in [5.41, 5.74) is 7.11. The molecule has 1 aromatic heterocycles. The molecule has 19 heavy (non-hydrogen) atoms. The molecule has 5 heteroatoms. The Morgan fingerprint density at radius 2 is 2.00 bits per heavy atom. The molecule has 0 saturated heterocycles. The minimum atomic E-state index is -0.500. The summed E-state index contributed by atoms with van der Waals surface area (Å²) in [5, 5.41) is 0. The van der Waals surface area contributed by atoms with Gasteiger partial charge in [0.25, 0.3) is 0 Å². The zero-order valence-electron chi connectivity index (χ0n) is 10.7. The number of benzene rings is 1. The number of hydrogen-bond acceptors (Lipinski definition) is 4. The fraction of sp³-hybridized carbons (Fsp3) is 0.214. The molecule has 0 aliphatic rings. The molecule has 0 amide bonds. The lowest BCUT2D eigenvalue weighted by molar-refractivity contribution is 0.0525. The zero-order chi connectivity index (χ0) is 14.0. The van der Waals surface area contributed by atoms with Crippen LogP contribution in [0.3, 0.4) is 0 Å². The van der Waals surface area contributed by atoms with E-state index in [9.17, 15) is 9.18 Å². The molecule has 0 bridgehead atoms. The number of nitrogen functional groups attached to an aromatic ring is 1. The van der Waals surface area contributed by atoms with Crippen molar-refractivity contribution in [3.8, 4) is 11.1 Å². The van der Waals surface area contributed by atoms with Gasteiger partial charge in [0.2, 0.25) is 0 Å². The van der Waals surface area contributed by atoms with Crippen LogP contribution in [0.15, 0.2) is 28.7 Å². The molecule has 0 aliphatic carbocycles. The van der Waals surface area contributed by atoms with Gasteiger partial charge in [0.1, 0.15) is 17.1 Å². The molecular formula is C14H14FNO3. The second-order valence-corrected chi connectivity index (χ2v) is 4.00. The van der Waals surface area contributed by atoms with E-state index in [1.54, 1.807) is 26.0 Å². The molecule has 0 saturated carbocycles. The zero-order valence-corrected chi connectivity index (χ0v) is 10.7. The maximum Gasteiger partial charge on any atom is 0.342 e. The van der Waals surface area contributed by atoms with Crippen LogP contribution in [0.4, 0.5) is 10.3 Å². The summed E-state index contributed by atoms with van der Waals surface area (Å²) in [7, 11) is 0. The number of carbonyl (C=O) groups is 1. The van der Waals surface area contributed by atoms with E-state index in [-0.39, 0.29) is 23.9 Å². The van der Waals surface area contributed by atoms with Gasteiger partial charge in [-0.25, -0.2) is 9.18 Å². The maximum atomic E-state index is 12.9. The summed E-state index contributed by atoms with van der Waals surface area (Å²) >= 11 is 0. The van der Waals surface area contributed by atoms with Crippen molar-refractivity contribution in [2.24, 2.45) is 0 Å². The third-order valence-electron chi connectivity index (χ3n) is 2.72. The number of nitrogens with two attached hydrogens (primary N) is 1. The lowest BCUT2D eigenvalue weighted by Crippen LogP contribution is -2.06. The first-order valence-corrected chi connectivity index (χ1v) is 5.86. The molecule has 0 radical (unpaired) electrons. The van der Waals surface area contributed by atoms with Crippen LogP contribution in [0.1, 0.15) is 23.0 Å². The third-order valence-corrected chi connectivity index (χ3v) is 2.72. The highest BCUT2D eigenvalue weighted by atomic mass is 19.1. The maximum absolute atomic E-state index is 12.9. The number of hydrogen-bond donors (Lipinski definition) is 1. The van der Waals surface area contributed by atoms with Crippen molar-refractivity contribution in [3.05, 3.63) is 41.4 Å². The van der Waals surface area contributed by atoms with Crippen LogP contribution >= 0.6 is 0 Å². The van der Waals surface area contributed by atoms with Gasteiger partial charge in [-0.1, -0.05) is 12.1 Å². The van der Waals surface area contributed by atoms with Gasteiger partial charge >= 0.3 is 5.97 Å². The van der Waals surface area contributed by atoms with Gasteiger partial charge in [-0.05, 0) is 31.5 Å². The molecule has 2 N–H and O–H groups in total. The number of carbonyl (C=O) groups excluding carboxylic acids is 1. The van der Waals surface area contributed by atoms with Crippen molar-refractivity contribution in [2.45, 2.75) is 13.8 Å². The minimum absolute atomic E-state index is 0.118. The number of aryl methyl sites for hydroxylation is 1. The van der Waals surface area contributed by atoms with E-state index in [0.29, 0.717) is 16.9 Å². The predicted octanol–water partition coefficient (Wildman–Crippen LogP) is 3.15. The van der Waals surface area contributed by atoms with Crippen molar-refractivity contribution in [3.63, 3.8) is 0 Å². The van der Waals surface area contributed by atoms with Crippen molar-refractivity contribution < 1.29 is 18.3 Å². The average molecular weight is 263 g/mol. The van der Waals surface area contributed by atoms with E-state index in [0.717, 1.165) is 0 Å². The van der Waals surface area contributed by atoms with Gasteiger partial charge in [-0.2, -0.15) is 0 Å². The number of esters is 1. The lowest BCUT2D eigenvalue weighted by atomic mass is 10.0. The first-order chi connectivity index (χ1) is 9.04. The standard InChI is InChI=1S/C14H14FNO3/c1-3-18-14(17)11-8(2)19-13(16)12(11)9-4-6-10(15)7-5-9/h4-7H,3,16H2,1-2H3. The Morgan fingerprint density at radius 1 is 1.37 bits per heavy atom. The van der Waals surface area contributed by atoms with Crippen molar-refractivity contribution in [1.82, 2.24) is 0 Å². The van der Waals surface area contributed by atoms with E-state index in [1.165, 1.54) is 12.1 Å². The van der Waals surface area contributed by atoms with Crippen molar-refractivity contribution in [2.75, 3.05) is 12.3 Å². The van der Waals surface area contributed by atoms with Crippen LogP contribution in [0.25, 0.3) is 11.1 Å². The lowest BCUT2D eigenvalue weighted by Gasteiger charge is -2.04. The van der Waals surface area contributed by atoms with Crippen LogP contribution in [-0.2, 0) is 4.74 Å².